The van der Waals surface area contributed by atoms with Crippen molar-refractivity contribution in [2.24, 2.45) is 0 Å². The van der Waals surface area contributed by atoms with Gasteiger partial charge in [-0.3, -0.25) is 4.90 Å². The van der Waals surface area contributed by atoms with Crippen LogP contribution in [0.4, 0.5) is 5.82 Å². The number of benzene rings is 1. The number of aromatic nitrogens is 1. The highest BCUT2D eigenvalue weighted by Gasteiger charge is 2.26. The molecule has 4 rings (SSSR count). The second-order valence-corrected chi connectivity index (χ2v) is 7.00. The van der Waals surface area contributed by atoms with Crippen molar-refractivity contribution >= 4 is 11.8 Å². The normalized spacial score (nSPS) is 19.8. The second kappa shape index (κ2) is 8.48. The summed E-state index contributed by atoms with van der Waals surface area (Å²) >= 11 is 0. The number of carbonyl (C=O) groups excluding carboxylic acids is 1. The average molecular weight is 383 g/mol. The van der Waals surface area contributed by atoms with Crippen LogP contribution in [-0.4, -0.2) is 68.4 Å². The van der Waals surface area contributed by atoms with E-state index in [1.807, 2.05) is 24.3 Å². The lowest BCUT2D eigenvalue weighted by Crippen LogP contribution is -2.42. The van der Waals surface area contributed by atoms with Crippen molar-refractivity contribution in [3.05, 3.63) is 48.2 Å². The van der Waals surface area contributed by atoms with Crippen LogP contribution in [0.3, 0.4) is 0 Å². The summed E-state index contributed by atoms with van der Waals surface area (Å²) < 4.78 is 16.8. The van der Waals surface area contributed by atoms with Crippen molar-refractivity contribution in [1.82, 2.24) is 9.88 Å². The summed E-state index contributed by atoms with van der Waals surface area (Å²) in [4.78, 5) is 21.1. The number of rotatable bonds is 4. The van der Waals surface area contributed by atoms with Crippen LogP contribution >= 0.6 is 0 Å². The van der Waals surface area contributed by atoms with Crippen molar-refractivity contribution in [1.29, 1.82) is 0 Å². The first kappa shape index (κ1) is 18.6. The number of hydrogen-bond acceptors (Lipinski definition) is 7. The van der Waals surface area contributed by atoms with Crippen LogP contribution in [0.5, 0.6) is 11.5 Å². The number of fused-ring (bicyclic) bond motifs is 1. The third kappa shape index (κ3) is 4.04. The molecule has 0 aliphatic carbocycles. The van der Waals surface area contributed by atoms with Crippen LogP contribution in [0, 0.1) is 0 Å². The van der Waals surface area contributed by atoms with E-state index in [4.69, 9.17) is 14.2 Å². The molecule has 148 valence electrons. The van der Waals surface area contributed by atoms with Gasteiger partial charge in [0.25, 0.3) is 0 Å². The van der Waals surface area contributed by atoms with Gasteiger partial charge >= 0.3 is 5.97 Å². The summed E-state index contributed by atoms with van der Waals surface area (Å²) in [6.45, 7) is 4.86. The zero-order valence-corrected chi connectivity index (χ0v) is 16.0. The molecule has 1 atom stereocenters. The maximum absolute atomic E-state index is 12.1. The summed E-state index contributed by atoms with van der Waals surface area (Å²) in [6.07, 6.45) is 2.72. The molecule has 2 aliphatic rings. The molecule has 0 N–H and O–H groups in total. The molecular weight excluding hydrogens is 358 g/mol. The number of nitrogens with zero attached hydrogens (tertiary/aromatic N) is 3. The van der Waals surface area contributed by atoms with E-state index in [1.54, 1.807) is 18.3 Å². The van der Waals surface area contributed by atoms with E-state index < -0.39 is 0 Å². The quantitative estimate of drug-likeness (QED) is 0.750. The topological polar surface area (TPSA) is 64.1 Å². The molecule has 1 fully saturated rings. The van der Waals surface area contributed by atoms with Gasteiger partial charge in [0, 0.05) is 38.9 Å². The lowest BCUT2D eigenvalue weighted by atomic mass is 10.2. The molecule has 7 heteroatoms. The molecule has 7 nitrogen and oxygen atoms in total. The Morgan fingerprint density at radius 2 is 2.00 bits per heavy atom. The van der Waals surface area contributed by atoms with Crippen LogP contribution in [-0.2, 0) is 4.74 Å². The number of hydrogen-bond donors (Lipinski definition) is 0. The van der Waals surface area contributed by atoms with Crippen LogP contribution in [0.1, 0.15) is 16.8 Å². The standard InChI is InChI=1S/C21H25N3O4/c1-26-21(25)17-6-4-9-22-20(17)24-11-5-10-23(12-13-24)14-16-15-27-18-7-2-3-8-19(18)28-16/h2-4,6-9,16H,5,10-15H2,1H3/t16-/m0/s1. The van der Waals surface area contributed by atoms with Crippen LogP contribution in [0.15, 0.2) is 42.6 Å². The van der Waals surface area contributed by atoms with Crippen LogP contribution < -0.4 is 14.4 Å². The predicted octanol–water partition coefficient (Wildman–Crippen LogP) is 2.22. The number of esters is 1. The molecule has 2 aromatic rings. The van der Waals surface area contributed by atoms with Gasteiger partial charge < -0.3 is 19.1 Å². The fourth-order valence-corrected chi connectivity index (χ4v) is 3.72. The Morgan fingerprint density at radius 1 is 1.14 bits per heavy atom. The minimum atomic E-state index is -0.351. The Bertz CT molecular complexity index is 829. The third-order valence-corrected chi connectivity index (χ3v) is 5.11. The second-order valence-electron chi connectivity index (χ2n) is 7.00. The molecule has 1 saturated heterocycles. The van der Waals surface area contributed by atoms with Crippen LogP contribution in [0.2, 0.25) is 0 Å². The van der Waals surface area contributed by atoms with Gasteiger partial charge in [0.1, 0.15) is 24.1 Å². The number of ether oxygens (including phenoxy) is 3. The van der Waals surface area contributed by atoms with Crippen molar-refractivity contribution in [2.75, 3.05) is 51.3 Å². The molecule has 3 heterocycles. The van der Waals surface area contributed by atoms with E-state index in [-0.39, 0.29) is 12.1 Å². The monoisotopic (exact) mass is 383 g/mol. The molecule has 1 aromatic carbocycles. The summed E-state index contributed by atoms with van der Waals surface area (Å²) in [6, 6.07) is 11.3. The number of carbonyl (C=O) groups is 1. The molecule has 2 aliphatic heterocycles. The van der Waals surface area contributed by atoms with E-state index in [2.05, 4.69) is 14.8 Å². The third-order valence-electron chi connectivity index (χ3n) is 5.11. The molecular formula is C21H25N3O4. The summed E-state index contributed by atoms with van der Waals surface area (Å²) in [5, 5.41) is 0. The summed E-state index contributed by atoms with van der Waals surface area (Å²) in [5.41, 5.74) is 0.513. The predicted molar refractivity (Wildman–Crippen MR) is 105 cm³/mol. The van der Waals surface area contributed by atoms with Crippen molar-refractivity contribution in [2.45, 2.75) is 12.5 Å². The van der Waals surface area contributed by atoms with Gasteiger partial charge in [0.2, 0.25) is 0 Å². The van der Waals surface area contributed by atoms with Crippen molar-refractivity contribution in [3.63, 3.8) is 0 Å². The van der Waals surface area contributed by atoms with Gasteiger partial charge in [0.15, 0.2) is 11.5 Å². The molecule has 0 unspecified atom stereocenters. The summed E-state index contributed by atoms with van der Waals surface area (Å²) in [5.74, 6) is 1.97. The lowest BCUT2D eigenvalue weighted by molar-refractivity contribution is 0.0601. The zero-order valence-electron chi connectivity index (χ0n) is 16.0. The maximum atomic E-state index is 12.1. The van der Waals surface area contributed by atoms with Gasteiger partial charge in [-0.05, 0) is 30.7 Å². The van der Waals surface area contributed by atoms with Gasteiger partial charge in [-0.25, -0.2) is 9.78 Å². The SMILES string of the molecule is COC(=O)c1cccnc1N1CCCN(C[C@H]2COc3ccccc3O2)CC1. The Kier molecular flexibility index (Phi) is 5.62. The van der Waals surface area contributed by atoms with Gasteiger partial charge in [-0.2, -0.15) is 0 Å². The highest BCUT2D eigenvalue weighted by Crippen LogP contribution is 2.31. The maximum Gasteiger partial charge on any atom is 0.341 e. The van der Waals surface area contributed by atoms with E-state index >= 15 is 0 Å². The average Bonchev–Trinajstić information content (AvgIpc) is 2.98. The van der Waals surface area contributed by atoms with Crippen molar-refractivity contribution in [3.8, 4) is 11.5 Å². The number of para-hydroxylation sites is 2. The molecule has 1 aromatic heterocycles. The zero-order chi connectivity index (χ0) is 19.3. The first-order chi connectivity index (χ1) is 13.7. The molecule has 0 spiro atoms. The van der Waals surface area contributed by atoms with Gasteiger partial charge in [0.05, 0.1) is 7.11 Å². The minimum Gasteiger partial charge on any atom is -0.486 e. The largest absolute Gasteiger partial charge is 0.486 e. The van der Waals surface area contributed by atoms with E-state index in [9.17, 15) is 4.79 Å². The van der Waals surface area contributed by atoms with E-state index in [1.165, 1.54) is 7.11 Å². The van der Waals surface area contributed by atoms with Crippen molar-refractivity contribution < 1.29 is 19.0 Å². The lowest BCUT2D eigenvalue weighted by Gasteiger charge is -2.30. The number of anilines is 1. The fraction of sp³-hybridized carbons (Fsp3) is 0.429. The Labute approximate surface area is 164 Å². The first-order valence-corrected chi connectivity index (χ1v) is 9.63. The number of methoxy groups -OCH3 is 1. The summed E-state index contributed by atoms with van der Waals surface area (Å²) in [7, 11) is 1.40. The minimum absolute atomic E-state index is 0.0157. The highest BCUT2D eigenvalue weighted by atomic mass is 16.6. The Balaban J connectivity index is 1.38. The molecule has 0 radical (unpaired) electrons. The Hall–Kier alpha value is -2.80. The molecule has 28 heavy (non-hydrogen) atoms. The molecule has 0 saturated carbocycles. The van der Waals surface area contributed by atoms with Gasteiger partial charge in [-0.1, -0.05) is 12.1 Å². The van der Waals surface area contributed by atoms with E-state index in [0.717, 1.165) is 50.6 Å². The number of pyridine rings is 1. The van der Waals surface area contributed by atoms with Gasteiger partial charge in [-0.15, -0.1) is 0 Å². The fourth-order valence-electron chi connectivity index (χ4n) is 3.72. The van der Waals surface area contributed by atoms with Crippen LogP contribution in [0.25, 0.3) is 0 Å². The Morgan fingerprint density at radius 3 is 2.86 bits per heavy atom. The first-order valence-electron chi connectivity index (χ1n) is 9.63. The molecule has 0 bridgehead atoms. The smallest absolute Gasteiger partial charge is 0.341 e. The highest BCUT2D eigenvalue weighted by molar-refractivity contribution is 5.94. The molecule has 0 amide bonds. The van der Waals surface area contributed by atoms with E-state index in [0.29, 0.717) is 18.0 Å².